The first-order valence-electron chi connectivity index (χ1n) is 8.83. The molecule has 1 saturated heterocycles. The first-order valence-corrected chi connectivity index (χ1v) is 8.83. The van der Waals surface area contributed by atoms with Gasteiger partial charge in [0.25, 0.3) is 0 Å². The predicted octanol–water partition coefficient (Wildman–Crippen LogP) is 3.80. The van der Waals surface area contributed by atoms with E-state index in [-0.39, 0.29) is 24.2 Å². The van der Waals surface area contributed by atoms with Crippen LogP contribution in [0.4, 0.5) is 0 Å². The van der Waals surface area contributed by atoms with Crippen LogP contribution in [0.2, 0.25) is 0 Å². The van der Waals surface area contributed by atoms with E-state index in [1.165, 1.54) is 5.56 Å². The lowest BCUT2D eigenvalue weighted by Gasteiger charge is -2.23. The molecule has 1 aliphatic heterocycles. The number of carbonyl (C=O) groups is 1. The molecule has 0 aromatic heterocycles. The number of benzene rings is 2. The van der Waals surface area contributed by atoms with Gasteiger partial charge in [-0.05, 0) is 30.0 Å². The molecule has 1 amide bonds. The summed E-state index contributed by atoms with van der Waals surface area (Å²) in [5, 5.41) is 0. The number of carbonyl (C=O) groups excluding carboxylic acids is 1. The van der Waals surface area contributed by atoms with Crippen LogP contribution in [0.3, 0.4) is 0 Å². The minimum Gasteiger partial charge on any atom is -0.341 e. The molecule has 0 radical (unpaired) electrons. The maximum absolute atomic E-state index is 13.1. The molecule has 3 atom stereocenters. The largest absolute Gasteiger partial charge is 0.341 e. The van der Waals surface area contributed by atoms with Gasteiger partial charge in [-0.15, -0.1) is 12.4 Å². The summed E-state index contributed by atoms with van der Waals surface area (Å²) in [6.07, 6.45) is 0.822. The topological polar surface area (TPSA) is 46.3 Å². The van der Waals surface area contributed by atoms with Crippen LogP contribution in [0.1, 0.15) is 36.3 Å². The molecule has 3 nitrogen and oxygen atoms in total. The molecule has 0 spiro atoms. The summed E-state index contributed by atoms with van der Waals surface area (Å²) < 4.78 is 0. The Morgan fingerprint density at radius 3 is 2.24 bits per heavy atom. The van der Waals surface area contributed by atoms with E-state index in [9.17, 15) is 4.79 Å². The van der Waals surface area contributed by atoms with Crippen LogP contribution >= 0.6 is 12.4 Å². The Hall–Kier alpha value is -1.84. The van der Waals surface area contributed by atoms with E-state index in [2.05, 4.69) is 43.3 Å². The zero-order chi connectivity index (χ0) is 16.9. The highest BCUT2D eigenvalue weighted by molar-refractivity contribution is 5.85. The normalized spacial score (nSPS) is 20.8. The lowest BCUT2D eigenvalue weighted by molar-refractivity contribution is -0.132. The summed E-state index contributed by atoms with van der Waals surface area (Å²) in [6, 6.07) is 20.6. The van der Waals surface area contributed by atoms with Crippen molar-refractivity contribution in [1.82, 2.24) is 4.90 Å². The SMILES string of the molecule is CCC(C(=O)N1C[C@@H](CN)[C@H](c2ccccc2)C1)c1ccccc1.Cl. The molecule has 4 heteroatoms. The van der Waals surface area contributed by atoms with Crippen molar-refractivity contribution in [1.29, 1.82) is 0 Å². The van der Waals surface area contributed by atoms with Crippen LogP contribution in [0, 0.1) is 5.92 Å². The Labute approximate surface area is 156 Å². The number of amides is 1. The first kappa shape index (κ1) is 19.5. The molecule has 1 heterocycles. The van der Waals surface area contributed by atoms with Crippen LogP contribution in [-0.4, -0.2) is 30.4 Å². The van der Waals surface area contributed by atoms with Gasteiger partial charge < -0.3 is 10.6 Å². The highest BCUT2D eigenvalue weighted by Crippen LogP contribution is 2.34. The van der Waals surface area contributed by atoms with Crippen LogP contribution in [0.15, 0.2) is 60.7 Å². The minimum absolute atomic E-state index is 0. The van der Waals surface area contributed by atoms with E-state index < -0.39 is 0 Å². The third-order valence-corrected chi connectivity index (χ3v) is 5.19. The molecule has 1 fully saturated rings. The Morgan fingerprint density at radius 2 is 1.68 bits per heavy atom. The Balaban J connectivity index is 0.00000225. The van der Waals surface area contributed by atoms with Gasteiger partial charge in [-0.1, -0.05) is 67.6 Å². The second-order valence-corrected chi connectivity index (χ2v) is 6.63. The highest BCUT2D eigenvalue weighted by atomic mass is 35.5. The average molecular weight is 359 g/mol. The third kappa shape index (κ3) is 4.23. The number of nitrogens with two attached hydrogens (primary N) is 1. The molecule has 2 N–H and O–H groups in total. The van der Waals surface area contributed by atoms with E-state index in [1.807, 2.05) is 29.2 Å². The first-order chi connectivity index (χ1) is 11.7. The summed E-state index contributed by atoms with van der Waals surface area (Å²) in [5.74, 6) is 0.859. The molecule has 0 bridgehead atoms. The van der Waals surface area contributed by atoms with Crippen molar-refractivity contribution in [2.75, 3.05) is 19.6 Å². The Kier molecular flexibility index (Phi) is 7.03. The van der Waals surface area contributed by atoms with E-state index in [4.69, 9.17) is 5.73 Å². The Bertz CT molecular complexity index is 662. The molecular weight excluding hydrogens is 332 g/mol. The summed E-state index contributed by atoms with van der Waals surface area (Å²) in [4.78, 5) is 15.1. The number of likely N-dealkylation sites (tertiary alicyclic amines) is 1. The maximum Gasteiger partial charge on any atom is 0.230 e. The van der Waals surface area contributed by atoms with Gasteiger partial charge in [0.05, 0.1) is 5.92 Å². The maximum atomic E-state index is 13.1. The van der Waals surface area contributed by atoms with Crippen molar-refractivity contribution in [3.05, 3.63) is 71.8 Å². The summed E-state index contributed by atoms with van der Waals surface area (Å²) >= 11 is 0. The number of halogens is 1. The van der Waals surface area contributed by atoms with Gasteiger partial charge in [0.2, 0.25) is 5.91 Å². The van der Waals surface area contributed by atoms with Crippen molar-refractivity contribution in [2.24, 2.45) is 11.7 Å². The molecular formula is C21H27ClN2O. The fourth-order valence-electron chi connectivity index (χ4n) is 3.83. The van der Waals surface area contributed by atoms with Crippen molar-refractivity contribution in [3.8, 4) is 0 Å². The molecule has 25 heavy (non-hydrogen) atoms. The number of hydrogen-bond acceptors (Lipinski definition) is 2. The number of hydrogen-bond donors (Lipinski definition) is 1. The molecule has 134 valence electrons. The summed E-state index contributed by atoms with van der Waals surface area (Å²) in [5.41, 5.74) is 8.40. The monoisotopic (exact) mass is 358 g/mol. The quantitative estimate of drug-likeness (QED) is 0.883. The fourth-order valence-corrected chi connectivity index (χ4v) is 3.83. The lowest BCUT2D eigenvalue weighted by atomic mass is 9.89. The van der Waals surface area contributed by atoms with Gasteiger partial charge in [0.15, 0.2) is 0 Å². The molecule has 3 rings (SSSR count). The fraction of sp³-hybridized carbons (Fsp3) is 0.381. The minimum atomic E-state index is -0.0563. The van der Waals surface area contributed by atoms with Crippen molar-refractivity contribution in [3.63, 3.8) is 0 Å². The highest BCUT2D eigenvalue weighted by Gasteiger charge is 2.37. The van der Waals surface area contributed by atoms with Crippen LogP contribution in [0.25, 0.3) is 0 Å². The van der Waals surface area contributed by atoms with Crippen LogP contribution in [0.5, 0.6) is 0 Å². The summed E-state index contributed by atoms with van der Waals surface area (Å²) in [6.45, 7) is 4.23. The molecule has 0 aliphatic carbocycles. The summed E-state index contributed by atoms with van der Waals surface area (Å²) in [7, 11) is 0. The smallest absolute Gasteiger partial charge is 0.230 e. The lowest BCUT2D eigenvalue weighted by Crippen LogP contribution is -2.34. The average Bonchev–Trinajstić information content (AvgIpc) is 3.08. The van der Waals surface area contributed by atoms with E-state index >= 15 is 0 Å². The number of nitrogens with zero attached hydrogens (tertiary/aromatic N) is 1. The Morgan fingerprint density at radius 1 is 1.08 bits per heavy atom. The number of rotatable bonds is 5. The molecule has 2 aromatic carbocycles. The van der Waals surface area contributed by atoms with E-state index in [0.29, 0.717) is 18.4 Å². The second-order valence-electron chi connectivity index (χ2n) is 6.63. The van der Waals surface area contributed by atoms with Gasteiger partial charge in [-0.2, -0.15) is 0 Å². The third-order valence-electron chi connectivity index (χ3n) is 5.19. The van der Waals surface area contributed by atoms with Gasteiger partial charge in [0.1, 0.15) is 0 Å². The zero-order valence-corrected chi connectivity index (χ0v) is 15.5. The van der Waals surface area contributed by atoms with Crippen molar-refractivity contribution >= 4 is 18.3 Å². The van der Waals surface area contributed by atoms with E-state index in [0.717, 1.165) is 25.1 Å². The zero-order valence-electron chi connectivity index (χ0n) is 14.7. The van der Waals surface area contributed by atoms with Gasteiger partial charge in [-0.25, -0.2) is 0 Å². The van der Waals surface area contributed by atoms with E-state index in [1.54, 1.807) is 0 Å². The van der Waals surface area contributed by atoms with Crippen molar-refractivity contribution in [2.45, 2.75) is 25.2 Å². The van der Waals surface area contributed by atoms with Gasteiger partial charge in [0, 0.05) is 19.0 Å². The van der Waals surface area contributed by atoms with Gasteiger partial charge >= 0.3 is 0 Å². The standard InChI is InChI=1S/C21H26N2O.ClH/c1-2-19(16-9-5-3-6-10-16)21(24)23-14-18(13-22)20(15-23)17-11-7-4-8-12-17;/h3-12,18-20H,2,13-15,22H2,1H3;1H/t18-,19?,20+;/m1./s1. The molecule has 2 aromatic rings. The molecule has 1 aliphatic rings. The molecule has 0 saturated carbocycles. The van der Waals surface area contributed by atoms with Crippen LogP contribution < -0.4 is 5.73 Å². The van der Waals surface area contributed by atoms with Crippen molar-refractivity contribution < 1.29 is 4.79 Å². The van der Waals surface area contributed by atoms with Gasteiger partial charge in [-0.3, -0.25) is 4.79 Å². The second kappa shape index (κ2) is 9.02. The predicted molar refractivity (Wildman–Crippen MR) is 105 cm³/mol. The van der Waals surface area contributed by atoms with Crippen LogP contribution in [-0.2, 0) is 4.79 Å². The molecule has 1 unspecified atom stereocenters.